The lowest BCUT2D eigenvalue weighted by Crippen LogP contribution is -2.48. The van der Waals surface area contributed by atoms with Gasteiger partial charge in [-0.1, -0.05) is 6.07 Å². The first-order chi connectivity index (χ1) is 10.9. The third kappa shape index (κ3) is 6.15. The number of hydrogen-bond acceptors (Lipinski definition) is 5. The first kappa shape index (κ1) is 19.4. The van der Waals surface area contributed by atoms with Crippen molar-refractivity contribution >= 4 is 29.1 Å². The van der Waals surface area contributed by atoms with Crippen molar-refractivity contribution < 1.29 is 19.5 Å². The molecule has 1 rings (SSSR count). The maximum Gasteiger partial charge on any atom is 0.246 e. The maximum atomic E-state index is 12.2. The molecule has 1 aromatic rings. The molecule has 0 spiro atoms. The summed E-state index contributed by atoms with van der Waals surface area (Å²) in [4.78, 5) is 28.6. The molecule has 7 nitrogen and oxygen atoms in total. The highest BCUT2D eigenvalue weighted by molar-refractivity contribution is 6.17. The molecule has 0 saturated heterocycles. The smallest absolute Gasteiger partial charge is 0.246 e. The molecule has 0 saturated carbocycles. The number of anilines is 1. The number of carbonyl (C=O) groups excluding carboxylic acids is 2. The number of benzene rings is 1. The first-order valence-electron chi connectivity index (χ1n) is 7.10. The minimum Gasteiger partial charge on any atom is -0.392 e. The van der Waals surface area contributed by atoms with E-state index in [9.17, 15) is 14.7 Å². The molecule has 0 heterocycles. The third-order valence-corrected chi connectivity index (χ3v) is 3.41. The summed E-state index contributed by atoms with van der Waals surface area (Å²) in [5.74, 6) is -0.470. The molecular formula is C15H22ClN3O4. The summed E-state index contributed by atoms with van der Waals surface area (Å²) in [5, 5.41) is 14.5. The van der Waals surface area contributed by atoms with Crippen LogP contribution in [-0.4, -0.2) is 36.1 Å². The van der Waals surface area contributed by atoms with E-state index >= 15 is 0 Å². The van der Waals surface area contributed by atoms with Crippen LogP contribution in [0.25, 0.3) is 0 Å². The Morgan fingerprint density at radius 1 is 1.17 bits per heavy atom. The zero-order chi connectivity index (χ0) is 17.4. The van der Waals surface area contributed by atoms with E-state index in [0.717, 1.165) is 5.56 Å². The lowest BCUT2D eigenvalue weighted by Gasteiger charge is -2.18. The standard InChI is InChI=1S/C15H22ClN3O4/c1-9(17-15(22)10(2)19-23-3)14(21)18-13-5-11(7-16)4-12(6-13)8-20/h4-6,9-10,19-20H,7-8H2,1-3H3,(H,17,22)(H,18,21)/t9-,10-/m0/s1. The molecule has 2 amide bonds. The SMILES string of the molecule is CON[C@@H](C)C(=O)N[C@@H](C)C(=O)Nc1cc(CO)cc(CCl)c1. The number of rotatable bonds is 8. The van der Waals surface area contributed by atoms with Gasteiger partial charge >= 0.3 is 0 Å². The molecule has 23 heavy (non-hydrogen) atoms. The molecule has 0 fully saturated rings. The van der Waals surface area contributed by atoms with Gasteiger partial charge < -0.3 is 20.6 Å². The van der Waals surface area contributed by atoms with E-state index in [4.69, 9.17) is 11.6 Å². The van der Waals surface area contributed by atoms with Gasteiger partial charge in [0.15, 0.2) is 0 Å². The van der Waals surface area contributed by atoms with Crippen molar-refractivity contribution in [3.05, 3.63) is 29.3 Å². The minimum atomic E-state index is -0.735. The summed E-state index contributed by atoms with van der Waals surface area (Å²) in [7, 11) is 1.41. The number of aliphatic hydroxyl groups is 1. The molecule has 1 aromatic carbocycles. The number of hydroxylamine groups is 1. The molecule has 4 N–H and O–H groups in total. The van der Waals surface area contributed by atoms with E-state index in [1.165, 1.54) is 7.11 Å². The Labute approximate surface area is 140 Å². The Morgan fingerprint density at radius 2 is 1.83 bits per heavy atom. The second-order valence-corrected chi connectivity index (χ2v) is 5.36. The van der Waals surface area contributed by atoms with Gasteiger partial charge in [0, 0.05) is 11.6 Å². The Hall–Kier alpha value is -1.67. The second kappa shape index (κ2) is 9.46. The van der Waals surface area contributed by atoms with Gasteiger partial charge in [-0.3, -0.25) is 9.59 Å². The Bertz CT molecular complexity index is 531. The lowest BCUT2D eigenvalue weighted by atomic mass is 10.1. The van der Waals surface area contributed by atoms with Crippen molar-refractivity contribution in [1.29, 1.82) is 0 Å². The summed E-state index contributed by atoms with van der Waals surface area (Å²) in [6, 6.07) is 3.80. The van der Waals surface area contributed by atoms with Gasteiger partial charge in [0.2, 0.25) is 11.8 Å². The molecule has 2 atom stereocenters. The van der Waals surface area contributed by atoms with Crippen molar-refractivity contribution in [3.8, 4) is 0 Å². The number of hydrogen-bond donors (Lipinski definition) is 4. The average molecular weight is 344 g/mol. The fourth-order valence-electron chi connectivity index (χ4n) is 1.89. The summed E-state index contributed by atoms with van der Waals surface area (Å²) < 4.78 is 0. The predicted octanol–water partition coefficient (Wildman–Crippen LogP) is 0.900. The van der Waals surface area contributed by atoms with E-state index in [1.807, 2.05) is 0 Å². The van der Waals surface area contributed by atoms with E-state index in [2.05, 4.69) is 21.0 Å². The number of carbonyl (C=O) groups is 2. The molecule has 0 bridgehead atoms. The summed E-state index contributed by atoms with van der Waals surface area (Å²) in [5.41, 5.74) is 4.43. The van der Waals surface area contributed by atoms with Crippen molar-refractivity contribution in [1.82, 2.24) is 10.8 Å². The van der Waals surface area contributed by atoms with Crippen LogP contribution >= 0.6 is 11.6 Å². The Kier molecular flexibility index (Phi) is 7.97. The van der Waals surface area contributed by atoms with Gasteiger partial charge in [-0.25, -0.2) is 0 Å². The van der Waals surface area contributed by atoms with Crippen molar-refractivity contribution in [2.75, 3.05) is 12.4 Å². The molecular weight excluding hydrogens is 322 g/mol. The van der Waals surface area contributed by atoms with Gasteiger partial charge in [-0.15, -0.1) is 11.6 Å². The lowest BCUT2D eigenvalue weighted by molar-refractivity contribution is -0.129. The minimum absolute atomic E-state index is 0.153. The summed E-state index contributed by atoms with van der Waals surface area (Å²) in [6.45, 7) is 3.03. The predicted molar refractivity (Wildman–Crippen MR) is 87.8 cm³/mol. The molecule has 0 aromatic heterocycles. The summed E-state index contributed by atoms with van der Waals surface area (Å²) in [6.07, 6.45) is 0. The van der Waals surface area contributed by atoms with E-state index in [0.29, 0.717) is 11.3 Å². The molecule has 0 aliphatic rings. The second-order valence-electron chi connectivity index (χ2n) is 5.09. The maximum absolute atomic E-state index is 12.2. The molecule has 0 radical (unpaired) electrons. The number of amides is 2. The van der Waals surface area contributed by atoms with Gasteiger partial charge in [0.05, 0.1) is 13.7 Å². The number of halogens is 1. The van der Waals surface area contributed by atoms with Crippen LogP contribution in [0.4, 0.5) is 5.69 Å². The van der Waals surface area contributed by atoms with E-state index in [1.54, 1.807) is 32.0 Å². The van der Waals surface area contributed by atoms with Crippen LogP contribution in [-0.2, 0) is 26.9 Å². The van der Waals surface area contributed by atoms with Gasteiger partial charge in [-0.05, 0) is 37.1 Å². The molecule has 8 heteroatoms. The van der Waals surface area contributed by atoms with Crippen molar-refractivity contribution in [3.63, 3.8) is 0 Å². The van der Waals surface area contributed by atoms with Crippen LogP contribution in [0.3, 0.4) is 0 Å². The van der Waals surface area contributed by atoms with Crippen LogP contribution in [0.1, 0.15) is 25.0 Å². The van der Waals surface area contributed by atoms with Crippen LogP contribution in [0, 0.1) is 0 Å². The average Bonchev–Trinajstić information content (AvgIpc) is 2.54. The molecule has 0 aliphatic heterocycles. The molecule has 128 valence electrons. The molecule has 0 aliphatic carbocycles. The van der Waals surface area contributed by atoms with Crippen LogP contribution in [0.15, 0.2) is 18.2 Å². The zero-order valence-corrected chi connectivity index (χ0v) is 14.1. The molecule has 0 unspecified atom stereocenters. The summed E-state index contributed by atoms with van der Waals surface area (Å²) >= 11 is 5.79. The highest BCUT2D eigenvalue weighted by atomic mass is 35.5. The quantitative estimate of drug-likeness (QED) is 0.415. The van der Waals surface area contributed by atoms with Crippen LogP contribution in [0.2, 0.25) is 0 Å². The highest BCUT2D eigenvalue weighted by Crippen LogP contribution is 2.17. The first-order valence-corrected chi connectivity index (χ1v) is 7.64. The van der Waals surface area contributed by atoms with Crippen molar-refractivity contribution in [2.24, 2.45) is 0 Å². The third-order valence-electron chi connectivity index (χ3n) is 3.10. The van der Waals surface area contributed by atoms with Gasteiger partial charge in [0.1, 0.15) is 12.1 Å². The fourth-order valence-corrected chi connectivity index (χ4v) is 2.04. The van der Waals surface area contributed by atoms with E-state index < -0.39 is 12.1 Å². The number of alkyl halides is 1. The number of aliphatic hydroxyl groups excluding tert-OH is 1. The zero-order valence-electron chi connectivity index (χ0n) is 13.4. The topological polar surface area (TPSA) is 99.7 Å². The highest BCUT2D eigenvalue weighted by Gasteiger charge is 2.19. The normalized spacial score (nSPS) is 13.3. The van der Waals surface area contributed by atoms with Gasteiger partial charge in [0.25, 0.3) is 0 Å². The fraction of sp³-hybridized carbons (Fsp3) is 0.467. The Morgan fingerprint density at radius 3 is 2.39 bits per heavy atom. The Balaban J connectivity index is 2.69. The van der Waals surface area contributed by atoms with Crippen LogP contribution < -0.4 is 16.1 Å². The largest absolute Gasteiger partial charge is 0.392 e. The van der Waals surface area contributed by atoms with Crippen molar-refractivity contribution in [2.45, 2.75) is 38.4 Å². The van der Waals surface area contributed by atoms with Crippen LogP contribution in [0.5, 0.6) is 0 Å². The monoisotopic (exact) mass is 343 g/mol. The van der Waals surface area contributed by atoms with E-state index in [-0.39, 0.29) is 24.3 Å². The number of nitrogens with one attached hydrogen (secondary N) is 3. The van der Waals surface area contributed by atoms with Gasteiger partial charge in [-0.2, -0.15) is 5.48 Å².